The highest BCUT2D eigenvalue weighted by Crippen LogP contribution is 2.23. The van der Waals surface area contributed by atoms with Gasteiger partial charge in [0, 0.05) is 36.7 Å². The van der Waals surface area contributed by atoms with E-state index in [1.807, 2.05) is 24.3 Å². The number of aliphatic carboxylic acids is 1. The molecule has 0 bridgehead atoms. The average molecular weight is 448 g/mol. The molecule has 168 valence electrons. The van der Waals surface area contributed by atoms with Crippen molar-refractivity contribution in [3.8, 4) is 0 Å². The molecular formula is C22H29N3O5S. The first kappa shape index (κ1) is 23.1. The first-order chi connectivity index (χ1) is 14.7. The molecule has 2 aromatic rings. The minimum Gasteiger partial charge on any atom is -0.480 e. The van der Waals surface area contributed by atoms with E-state index >= 15 is 0 Å². The minimum absolute atomic E-state index is 0.0737. The maximum absolute atomic E-state index is 12.9. The number of hydrogen-bond donors (Lipinski definition) is 5. The maximum atomic E-state index is 12.9. The predicted molar refractivity (Wildman–Crippen MR) is 120 cm³/mol. The molecule has 8 nitrogen and oxygen atoms in total. The van der Waals surface area contributed by atoms with E-state index in [0.29, 0.717) is 13.2 Å². The summed E-state index contributed by atoms with van der Waals surface area (Å²) in [6.45, 7) is 4.28. The zero-order valence-electron chi connectivity index (χ0n) is 17.7. The number of hydrogen-bond acceptors (Lipinski definition) is 5. The number of carboxylic acids is 1. The summed E-state index contributed by atoms with van der Waals surface area (Å²) in [5.41, 5.74) is 0.394. The van der Waals surface area contributed by atoms with Gasteiger partial charge in [0.05, 0.1) is 5.25 Å². The van der Waals surface area contributed by atoms with Gasteiger partial charge in [0.15, 0.2) is 0 Å². The summed E-state index contributed by atoms with van der Waals surface area (Å²) in [4.78, 5) is 40.5. The van der Waals surface area contributed by atoms with Crippen LogP contribution in [0.15, 0.2) is 30.5 Å². The molecule has 1 aliphatic heterocycles. The monoisotopic (exact) mass is 447 g/mol. The standard InChI is InChI=1S/C22H29N3O5S/c1-22(2,25-19(26)18(31)13-7-9-30-10-8-13)21(29)24-17(20(27)28)11-14-12-23-16-6-4-3-5-15(14)16/h3-6,12-13,17-18,23,31H,7-11H2,1-2H3,(H,24,29)(H,25,26)(H,27,28)/t17-,18-/m0/s1. The third-order valence-corrected chi connectivity index (χ3v) is 6.34. The Balaban J connectivity index is 1.64. The molecule has 0 unspecified atom stereocenters. The third kappa shape index (κ3) is 5.59. The SMILES string of the molecule is CC(C)(NC(=O)[C@@H](S)C1CCOCC1)C(=O)N[C@@H](Cc1c[nH]c2ccccc12)C(=O)O. The number of amides is 2. The second-order valence-corrected chi connectivity index (χ2v) is 8.99. The van der Waals surface area contributed by atoms with Gasteiger partial charge in [-0.05, 0) is 44.2 Å². The minimum atomic E-state index is -1.29. The van der Waals surface area contributed by atoms with Gasteiger partial charge >= 0.3 is 5.97 Å². The quantitative estimate of drug-likeness (QED) is 0.396. The predicted octanol–water partition coefficient (Wildman–Crippen LogP) is 1.90. The maximum Gasteiger partial charge on any atom is 0.326 e. The van der Waals surface area contributed by atoms with Gasteiger partial charge in [-0.2, -0.15) is 12.6 Å². The van der Waals surface area contributed by atoms with Gasteiger partial charge in [0.2, 0.25) is 11.8 Å². The van der Waals surface area contributed by atoms with E-state index in [2.05, 4.69) is 28.2 Å². The number of fused-ring (bicyclic) bond motifs is 1. The van der Waals surface area contributed by atoms with Gasteiger partial charge in [-0.1, -0.05) is 18.2 Å². The average Bonchev–Trinajstić information content (AvgIpc) is 3.15. The van der Waals surface area contributed by atoms with Crippen molar-refractivity contribution >= 4 is 41.3 Å². The number of benzene rings is 1. The summed E-state index contributed by atoms with van der Waals surface area (Å²) in [7, 11) is 0. The summed E-state index contributed by atoms with van der Waals surface area (Å²) in [5.74, 6) is -1.99. The molecule has 1 aliphatic rings. The Bertz CT molecular complexity index is 952. The fourth-order valence-corrected chi connectivity index (χ4v) is 4.11. The van der Waals surface area contributed by atoms with Gasteiger partial charge in [-0.3, -0.25) is 9.59 Å². The fraction of sp³-hybridized carbons (Fsp3) is 0.500. The lowest BCUT2D eigenvalue weighted by molar-refractivity contribution is -0.143. The number of carbonyl (C=O) groups excluding carboxylic acids is 2. The third-order valence-electron chi connectivity index (χ3n) is 5.69. The highest BCUT2D eigenvalue weighted by molar-refractivity contribution is 7.81. The van der Waals surface area contributed by atoms with E-state index in [1.54, 1.807) is 20.0 Å². The number of para-hydroxylation sites is 1. The lowest BCUT2D eigenvalue weighted by Crippen LogP contribution is -2.59. The summed E-state index contributed by atoms with van der Waals surface area (Å²) >= 11 is 4.45. The first-order valence-corrected chi connectivity index (χ1v) is 10.9. The Hall–Kier alpha value is -2.52. The van der Waals surface area contributed by atoms with Crippen LogP contribution in [0.2, 0.25) is 0 Å². The second kappa shape index (κ2) is 9.74. The van der Waals surface area contributed by atoms with Crippen molar-refractivity contribution in [1.29, 1.82) is 0 Å². The number of aromatic nitrogens is 1. The Morgan fingerprint density at radius 3 is 2.61 bits per heavy atom. The molecule has 3 rings (SSSR count). The Kier molecular flexibility index (Phi) is 7.27. The van der Waals surface area contributed by atoms with E-state index in [9.17, 15) is 19.5 Å². The number of H-pyrrole nitrogens is 1. The summed E-state index contributed by atoms with van der Waals surface area (Å²) < 4.78 is 5.32. The van der Waals surface area contributed by atoms with Crippen LogP contribution in [0, 0.1) is 5.92 Å². The van der Waals surface area contributed by atoms with Gasteiger partial charge in [0.25, 0.3) is 0 Å². The number of nitrogens with one attached hydrogen (secondary N) is 3. The molecule has 2 amide bonds. The van der Waals surface area contributed by atoms with Crippen LogP contribution in [0.25, 0.3) is 10.9 Å². The number of aromatic amines is 1. The molecule has 1 saturated heterocycles. The zero-order valence-corrected chi connectivity index (χ0v) is 18.6. The molecular weight excluding hydrogens is 418 g/mol. The van der Waals surface area contributed by atoms with E-state index in [-0.39, 0.29) is 18.2 Å². The molecule has 4 N–H and O–H groups in total. The summed E-state index contributed by atoms with van der Waals surface area (Å²) in [5, 5.41) is 15.3. The number of rotatable bonds is 8. The van der Waals surface area contributed by atoms with Crippen LogP contribution in [-0.4, -0.2) is 57.9 Å². The molecule has 9 heteroatoms. The molecule has 0 saturated carbocycles. The molecule has 31 heavy (non-hydrogen) atoms. The molecule has 2 atom stereocenters. The Morgan fingerprint density at radius 1 is 1.26 bits per heavy atom. The molecule has 2 heterocycles. The van der Waals surface area contributed by atoms with Gasteiger partial charge in [0.1, 0.15) is 11.6 Å². The van der Waals surface area contributed by atoms with Crippen molar-refractivity contribution in [1.82, 2.24) is 15.6 Å². The molecule has 0 radical (unpaired) electrons. The zero-order chi connectivity index (χ0) is 22.6. The highest BCUT2D eigenvalue weighted by atomic mass is 32.1. The van der Waals surface area contributed by atoms with Crippen molar-refractivity contribution in [2.75, 3.05) is 13.2 Å². The van der Waals surface area contributed by atoms with Crippen LogP contribution in [0.4, 0.5) is 0 Å². The summed E-state index contributed by atoms with van der Waals surface area (Å²) in [6, 6.07) is 6.43. The molecule has 1 aromatic carbocycles. The fourth-order valence-electron chi connectivity index (χ4n) is 3.74. The lowest BCUT2D eigenvalue weighted by atomic mass is 9.94. The van der Waals surface area contributed by atoms with Crippen molar-refractivity contribution < 1.29 is 24.2 Å². The van der Waals surface area contributed by atoms with Crippen molar-refractivity contribution in [3.63, 3.8) is 0 Å². The van der Waals surface area contributed by atoms with E-state index < -0.39 is 28.7 Å². The number of ether oxygens (including phenoxy) is 1. The smallest absolute Gasteiger partial charge is 0.326 e. The van der Waals surface area contributed by atoms with Crippen molar-refractivity contribution in [2.24, 2.45) is 5.92 Å². The van der Waals surface area contributed by atoms with Gasteiger partial charge in [-0.25, -0.2) is 4.79 Å². The van der Waals surface area contributed by atoms with Crippen LogP contribution in [-0.2, 0) is 25.5 Å². The highest BCUT2D eigenvalue weighted by Gasteiger charge is 2.36. The number of carboxylic acid groups (broad SMARTS) is 1. The van der Waals surface area contributed by atoms with Crippen LogP contribution < -0.4 is 10.6 Å². The topological polar surface area (TPSA) is 121 Å². The van der Waals surface area contributed by atoms with E-state index in [4.69, 9.17) is 4.74 Å². The molecule has 1 aromatic heterocycles. The van der Waals surface area contributed by atoms with Crippen LogP contribution >= 0.6 is 12.6 Å². The largest absolute Gasteiger partial charge is 0.480 e. The lowest BCUT2D eigenvalue weighted by Gasteiger charge is -2.31. The van der Waals surface area contributed by atoms with E-state index in [0.717, 1.165) is 29.3 Å². The van der Waals surface area contributed by atoms with Crippen LogP contribution in [0.3, 0.4) is 0 Å². The summed E-state index contributed by atoms with van der Waals surface area (Å²) in [6.07, 6.45) is 3.34. The van der Waals surface area contributed by atoms with Crippen LogP contribution in [0.5, 0.6) is 0 Å². The Morgan fingerprint density at radius 2 is 1.94 bits per heavy atom. The molecule has 1 fully saturated rings. The number of thiol groups is 1. The van der Waals surface area contributed by atoms with Gasteiger partial charge in [-0.15, -0.1) is 0 Å². The molecule has 0 spiro atoms. The first-order valence-electron chi connectivity index (χ1n) is 10.4. The number of carbonyl (C=O) groups is 3. The Labute approximate surface area is 186 Å². The normalized spacial score (nSPS) is 17.1. The van der Waals surface area contributed by atoms with E-state index in [1.165, 1.54) is 0 Å². The molecule has 0 aliphatic carbocycles. The van der Waals surface area contributed by atoms with Crippen molar-refractivity contribution in [2.45, 2.75) is 49.9 Å². The second-order valence-electron chi connectivity index (χ2n) is 8.44. The van der Waals surface area contributed by atoms with Crippen LogP contribution in [0.1, 0.15) is 32.3 Å². The van der Waals surface area contributed by atoms with Gasteiger partial charge < -0.3 is 25.5 Å². The van der Waals surface area contributed by atoms with Crippen molar-refractivity contribution in [3.05, 3.63) is 36.0 Å².